The molecule has 0 N–H and O–H groups in total. The molecule has 0 saturated carbocycles. The van der Waals surface area contributed by atoms with Crippen molar-refractivity contribution in [1.29, 1.82) is 0 Å². The van der Waals surface area contributed by atoms with E-state index in [9.17, 15) is 0 Å². The van der Waals surface area contributed by atoms with Gasteiger partial charge in [-0.05, 0) is 0 Å². The van der Waals surface area contributed by atoms with Gasteiger partial charge >= 0.3 is 48.9 Å². The minimum atomic E-state index is 0. The van der Waals surface area contributed by atoms with E-state index < -0.39 is 0 Å². The fraction of sp³-hybridized carbons (Fsp3) is 0. The van der Waals surface area contributed by atoms with Crippen LogP contribution in [0.5, 0.6) is 0 Å². The Labute approximate surface area is 139 Å². The van der Waals surface area contributed by atoms with Crippen LogP contribution in [0.15, 0.2) is 0 Å². The molecule has 0 aliphatic heterocycles. The zero-order valence-electron chi connectivity index (χ0n) is 4.12. The van der Waals surface area contributed by atoms with Crippen LogP contribution in [-0.4, -0.2) is 48.9 Å². The Kier molecular flexibility index (Phi) is 92.0. The average Bonchev–Trinajstić information content (AvgIpc) is 0. The monoisotopic (exact) mass is 428 g/mol. The summed E-state index contributed by atoms with van der Waals surface area (Å²) in [5.41, 5.74) is 0. The molecule has 0 unspecified atom stereocenters. The molecule has 0 fully saturated rings. The van der Waals surface area contributed by atoms with E-state index in [1.54, 1.807) is 0 Å². The van der Waals surface area contributed by atoms with Gasteiger partial charge in [0.25, 0.3) is 0 Å². The second kappa shape index (κ2) is 15.6. The predicted molar refractivity (Wildman–Crippen MR) is 7.98 cm³/mol. The van der Waals surface area contributed by atoms with E-state index in [-0.39, 0.29) is 143 Å². The normalized spacial score (nSPS) is 0. The Morgan fingerprint density at radius 3 is 1.25 bits per heavy atom. The van der Waals surface area contributed by atoms with Crippen molar-refractivity contribution in [3.8, 4) is 0 Å². The van der Waals surface area contributed by atoms with Crippen molar-refractivity contribution in [2.75, 3.05) is 0 Å². The quantitative estimate of drug-likeness (QED) is 0.472. The van der Waals surface area contributed by atoms with E-state index in [0.717, 1.165) is 0 Å². The van der Waals surface area contributed by atoms with Crippen LogP contribution in [0.2, 0.25) is 0 Å². The third-order valence-electron chi connectivity index (χ3n) is 0. The van der Waals surface area contributed by atoms with Gasteiger partial charge in [-0.25, -0.2) is 0 Å². The predicted octanol–water partition coefficient (Wildman–Crippen LogP) is -0.161. The van der Waals surface area contributed by atoms with Gasteiger partial charge in [0.15, 0.2) is 0 Å². The molecule has 0 aromatic carbocycles. The molecule has 0 nitrogen and oxygen atoms in total. The number of hydrogen-bond acceptors (Lipinski definition) is 0. The van der Waals surface area contributed by atoms with Gasteiger partial charge in [0, 0.05) is 91.2 Å². The van der Waals surface area contributed by atoms with Crippen LogP contribution in [0.25, 0.3) is 0 Å². The molecule has 4 heteroatoms. The van der Waals surface area contributed by atoms with Gasteiger partial charge in [-0.1, -0.05) is 0 Å². The van der Waals surface area contributed by atoms with Crippen molar-refractivity contribution in [2.45, 2.75) is 0 Å². The van der Waals surface area contributed by atoms with Crippen LogP contribution in [0.3, 0.4) is 0 Å². The molecule has 0 aliphatic carbocycles. The second-order valence-electron chi connectivity index (χ2n) is 0. The van der Waals surface area contributed by atoms with E-state index in [1.165, 1.54) is 0 Å². The molecule has 0 aromatic rings. The zero-order valence-corrected chi connectivity index (χ0v) is 13.6. The number of rotatable bonds is 0. The van der Waals surface area contributed by atoms with Crippen LogP contribution in [-0.2, 0) is 49.5 Å². The molecule has 0 saturated heterocycles. The molecular weight excluding hydrogens is 425 g/mol. The Balaban J connectivity index is 0. The number of hydrogen-bond donors (Lipinski definition) is 0. The van der Waals surface area contributed by atoms with Gasteiger partial charge in [0.2, 0.25) is 0 Å². The fourth-order valence-corrected chi connectivity index (χ4v) is 0. The fourth-order valence-electron chi connectivity index (χ4n) is 0. The molecule has 0 aliphatic rings. The van der Waals surface area contributed by atoms with Gasteiger partial charge in [0.05, 0.1) is 0 Å². The third kappa shape index (κ3) is 9.75. The summed E-state index contributed by atoms with van der Waals surface area (Å²) >= 11 is 0. The molecule has 0 rings (SSSR count). The summed E-state index contributed by atoms with van der Waals surface area (Å²) < 4.78 is 0. The van der Waals surface area contributed by atoms with Gasteiger partial charge in [-0.2, -0.15) is 0 Å². The summed E-state index contributed by atoms with van der Waals surface area (Å²) in [6.07, 6.45) is 0. The molecule has 20 valence electrons. The Morgan fingerprint density at radius 1 is 1.25 bits per heavy atom. The first-order valence-corrected chi connectivity index (χ1v) is 0. The zero-order chi connectivity index (χ0) is 0. The van der Waals surface area contributed by atoms with E-state index in [0.29, 0.717) is 0 Å². The summed E-state index contributed by atoms with van der Waals surface area (Å²) in [6.45, 7) is 0. The van der Waals surface area contributed by atoms with Crippen LogP contribution in [0.4, 0.5) is 0 Å². The van der Waals surface area contributed by atoms with Crippen LogP contribution in [0.1, 0.15) is 2.85 Å². The molecule has 2 radical (unpaired) electrons. The topological polar surface area (TPSA) is 0 Å². The first kappa shape index (κ1) is 23.5. The van der Waals surface area contributed by atoms with Gasteiger partial charge < -0.3 is 2.85 Å². The minimum absolute atomic E-state index is 0. The molecule has 0 heterocycles. The van der Waals surface area contributed by atoms with Crippen molar-refractivity contribution in [3.05, 3.63) is 0 Å². The molecule has 0 aromatic heterocycles. The summed E-state index contributed by atoms with van der Waals surface area (Å²) in [6, 6.07) is 0. The van der Waals surface area contributed by atoms with Gasteiger partial charge in [-0.3, -0.25) is 0 Å². The average molecular weight is 427 g/mol. The summed E-state index contributed by atoms with van der Waals surface area (Å²) in [5, 5.41) is 0. The van der Waals surface area contributed by atoms with Crippen molar-refractivity contribution < 1.29 is 94.1 Å². The van der Waals surface area contributed by atoms with Crippen LogP contribution >= 0.6 is 0 Å². The van der Waals surface area contributed by atoms with Crippen molar-refractivity contribution in [3.63, 3.8) is 0 Å². The maximum absolute atomic E-state index is 0. The first-order chi connectivity index (χ1) is 0. The largest absolute Gasteiger partial charge is 2.00 e. The molecule has 0 atom stereocenters. The second-order valence-corrected chi connectivity index (χ2v) is 0. The minimum Gasteiger partial charge on any atom is -1.00 e. The van der Waals surface area contributed by atoms with E-state index in [4.69, 9.17) is 0 Å². The molecule has 4 heavy (non-hydrogen) atoms. The Bertz CT molecular complexity index is 13.5. The van der Waals surface area contributed by atoms with Gasteiger partial charge in [0.1, 0.15) is 0 Å². The molecule has 0 amide bonds. The summed E-state index contributed by atoms with van der Waals surface area (Å²) in [5.74, 6) is 0. The van der Waals surface area contributed by atoms with Crippen molar-refractivity contribution in [1.82, 2.24) is 0 Å². The summed E-state index contributed by atoms with van der Waals surface area (Å²) in [4.78, 5) is 0. The molecule has 0 bridgehead atoms. The Morgan fingerprint density at radius 2 is 1.25 bits per heavy atom. The summed E-state index contributed by atoms with van der Waals surface area (Å²) in [7, 11) is 0. The van der Waals surface area contributed by atoms with Crippen LogP contribution in [0, 0.1) is 41.7 Å². The van der Waals surface area contributed by atoms with Gasteiger partial charge in [-0.15, -0.1) is 0 Å². The van der Waals surface area contributed by atoms with Crippen molar-refractivity contribution in [2.24, 2.45) is 0 Å². The standard InChI is InChI=1S/Ba.Ce.Co.Y.2H/q+2;;;;2*-1. The third-order valence-corrected chi connectivity index (χ3v) is 0. The Hall–Kier alpha value is 4.56. The molecular formula is H2BaCeCoY. The maximum atomic E-state index is 0. The van der Waals surface area contributed by atoms with E-state index >= 15 is 0 Å². The maximum Gasteiger partial charge on any atom is 2.00 e. The van der Waals surface area contributed by atoms with E-state index in [1.807, 2.05) is 0 Å². The van der Waals surface area contributed by atoms with Crippen molar-refractivity contribution >= 4 is 48.9 Å². The van der Waals surface area contributed by atoms with E-state index in [2.05, 4.69) is 0 Å². The smallest absolute Gasteiger partial charge is 1.00 e. The molecule has 0 spiro atoms. The first-order valence-electron chi connectivity index (χ1n) is 0. The SMILES string of the molecule is [Ba+2].[Ce].[Co].[H-].[H-].[Y]. The van der Waals surface area contributed by atoms with Crippen LogP contribution < -0.4 is 0 Å².